The third kappa shape index (κ3) is 4.90. The lowest BCUT2D eigenvalue weighted by atomic mass is 9.99. The van der Waals surface area contributed by atoms with Crippen molar-refractivity contribution in [3.63, 3.8) is 0 Å². The van der Waals surface area contributed by atoms with Gasteiger partial charge in [-0.2, -0.15) is 4.98 Å². The second kappa shape index (κ2) is 10.5. The number of hydrogen-bond donors (Lipinski definition) is 1. The molecule has 2 aromatic carbocycles. The Hall–Kier alpha value is -3.40. The number of ether oxygens (including phenoxy) is 1. The number of carboxylic acids is 1. The first-order chi connectivity index (χ1) is 19.9. The number of aromatic carboxylic acids is 1. The van der Waals surface area contributed by atoms with E-state index in [0.717, 1.165) is 61.0 Å². The molecule has 3 aliphatic rings. The van der Waals surface area contributed by atoms with E-state index in [1.54, 1.807) is 18.2 Å². The Bertz CT molecular complexity index is 1600. The van der Waals surface area contributed by atoms with Crippen LogP contribution in [0.3, 0.4) is 0 Å². The molecule has 2 bridgehead atoms. The number of halogens is 2. The van der Waals surface area contributed by atoms with Crippen molar-refractivity contribution in [1.82, 2.24) is 15.3 Å². The zero-order valence-corrected chi connectivity index (χ0v) is 23.9. The van der Waals surface area contributed by atoms with Gasteiger partial charge in [0.15, 0.2) is 0 Å². The molecule has 1 aliphatic carbocycles. The number of rotatable bonds is 8. The van der Waals surface area contributed by atoms with E-state index >= 15 is 0 Å². The second-order valence-electron chi connectivity index (χ2n) is 11.2. The van der Waals surface area contributed by atoms with Gasteiger partial charge in [-0.1, -0.05) is 39.6 Å². The van der Waals surface area contributed by atoms with E-state index in [4.69, 9.17) is 42.0 Å². The largest absolute Gasteiger partial charge is 0.478 e. The summed E-state index contributed by atoms with van der Waals surface area (Å²) in [5.41, 5.74) is 4.04. The lowest BCUT2D eigenvalue weighted by Crippen LogP contribution is -2.45. The Morgan fingerprint density at radius 3 is 2.44 bits per heavy atom. The molecular weight excluding hydrogens is 567 g/mol. The van der Waals surface area contributed by atoms with Crippen LogP contribution >= 0.6 is 23.2 Å². The molecule has 4 heterocycles. The Labute approximate surface area is 246 Å². The monoisotopic (exact) mass is 594 g/mol. The van der Waals surface area contributed by atoms with Gasteiger partial charge < -0.3 is 23.8 Å². The maximum Gasteiger partial charge on any atom is 0.335 e. The smallest absolute Gasteiger partial charge is 0.335 e. The first kappa shape index (κ1) is 26.5. The van der Waals surface area contributed by atoms with Gasteiger partial charge in [-0.25, -0.2) is 4.79 Å². The quantitative estimate of drug-likeness (QED) is 0.224. The molecule has 4 aromatic rings. The summed E-state index contributed by atoms with van der Waals surface area (Å²) in [6.45, 7) is 2.23. The lowest BCUT2D eigenvalue weighted by molar-refractivity contribution is 0.0138. The summed E-state index contributed by atoms with van der Waals surface area (Å²) in [5, 5.41) is 18.9. The van der Waals surface area contributed by atoms with Crippen LogP contribution in [0.25, 0.3) is 22.6 Å². The number of fused-ring (bicyclic) bond motifs is 2. The van der Waals surface area contributed by atoms with Crippen molar-refractivity contribution in [3.8, 4) is 22.6 Å². The normalized spacial score (nSPS) is 21.9. The third-order valence-electron chi connectivity index (χ3n) is 8.47. The molecule has 1 N–H and O–H groups in total. The van der Waals surface area contributed by atoms with Crippen molar-refractivity contribution in [3.05, 3.63) is 68.9 Å². The van der Waals surface area contributed by atoms with E-state index in [1.165, 1.54) is 0 Å². The van der Waals surface area contributed by atoms with Gasteiger partial charge in [0.25, 0.3) is 0 Å². The lowest BCUT2D eigenvalue weighted by Gasteiger charge is -2.37. The molecule has 0 spiro atoms. The average molecular weight is 595 g/mol. The molecule has 0 amide bonds. The number of carbonyl (C=O) groups is 1. The zero-order chi connectivity index (χ0) is 28.2. The number of hydrogen-bond acceptors (Lipinski definition) is 8. The van der Waals surface area contributed by atoms with Crippen LogP contribution in [0, 0.1) is 6.92 Å². The SMILES string of the molecule is Cc1cc(C(=O)O)ccc1-c1noc(N2C3CCC2CC(OCc2c(-c4c(Cl)cccc4Cl)noc2C2CC2)C3)n1. The molecule has 3 fully saturated rings. The minimum Gasteiger partial charge on any atom is -0.478 e. The molecule has 11 heteroatoms. The number of carboxylic acid groups (broad SMARTS) is 1. The molecule has 2 aromatic heterocycles. The van der Waals surface area contributed by atoms with E-state index in [0.29, 0.717) is 45.7 Å². The van der Waals surface area contributed by atoms with E-state index < -0.39 is 5.97 Å². The van der Waals surface area contributed by atoms with E-state index in [-0.39, 0.29) is 23.8 Å². The summed E-state index contributed by atoms with van der Waals surface area (Å²) in [4.78, 5) is 18.2. The molecule has 2 unspecified atom stereocenters. The minimum atomic E-state index is -0.966. The number of aryl methyl sites for hydroxylation is 1. The highest BCUT2D eigenvalue weighted by molar-refractivity contribution is 6.39. The van der Waals surface area contributed by atoms with Gasteiger partial charge in [0.05, 0.1) is 28.3 Å². The first-order valence-corrected chi connectivity index (χ1v) is 14.6. The van der Waals surface area contributed by atoms with Crippen LogP contribution in [0.2, 0.25) is 10.0 Å². The highest BCUT2D eigenvalue weighted by Gasteiger charge is 2.44. The van der Waals surface area contributed by atoms with Crippen LogP contribution < -0.4 is 4.90 Å². The number of nitrogens with zero attached hydrogens (tertiary/aromatic N) is 4. The summed E-state index contributed by atoms with van der Waals surface area (Å²) in [7, 11) is 0. The first-order valence-electron chi connectivity index (χ1n) is 13.9. The van der Waals surface area contributed by atoms with Crippen molar-refractivity contribution in [1.29, 1.82) is 0 Å². The minimum absolute atomic E-state index is 0.0634. The molecule has 0 radical (unpaired) electrons. The summed E-state index contributed by atoms with van der Waals surface area (Å²) in [5.74, 6) is 0.733. The number of anilines is 1. The van der Waals surface area contributed by atoms with Crippen molar-refractivity contribution in [2.24, 2.45) is 0 Å². The summed E-state index contributed by atoms with van der Waals surface area (Å²) in [6.07, 6.45) is 5.95. The van der Waals surface area contributed by atoms with Gasteiger partial charge in [-0.3, -0.25) is 0 Å². The summed E-state index contributed by atoms with van der Waals surface area (Å²) < 4.78 is 18.1. The van der Waals surface area contributed by atoms with Gasteiger partial charge in [0.2, 0.25) is 5.82 Å². The van der Waals surface area contributed by atoms with Crippen LogP contribution in [0.1, 0.15) is 71.7 Å². The maximum absolute atomic E-state index is 11.3. The summed E-state index contributed by atoms with van der Waals surface area (Å²) in [6, 6.07) is 11.3. The Kier molecular flexibility index (Phi) is 6.76. The van der Waals surface area contributed by atoms with Crippen LogP contribution in [0.5, 0.6) is 0 Å². The van der Waals surface area contributed by atoms with Crippen molar-refractivity contribution >= 4 is 35.2 Å². The van der Waals surface area contributed by atoms with Gasteiger partial charge >= 0.3 is 12.0 Å². The van der Waals surface area contributed by atoms with E-state index in [2.05, 4.69) is 15.2 Å². The second-order valence-corrected chi connectivity index (χ2v) is 12.0. The van der Waals surface area contributed by atoms with Gasteiger partial charge in [0, 0.05) is 34.7 Å². The molecule has 2 aliphatic heterocycles. The summed E-state index contributed by atoms with van der Waals surface area (Å²) >= 11 is 13.0. The van der Waals surface area contributed by atoms with Gasteiger partial charge in [-0.15, -0.1) is 0 Å². The number of piperidine rings is 1. The van der Waals surface area contributed by atoms with Crippen LogP contribution in [-0.4, -0.2) is 44.6 Å². The van der Waals surface area contributed by atoms with Crippen LogP contribution in [0.4, 0.5) is 6.01 Å². The number of aromatic nitrogens is 3. The van der Waals surface area contributed by atoms with Crippen molar-refractivity contribution in [2.75, 3.05) is 4.90 Å². The van der Waals surface area contributed by atoms with E-state index in [9.17, 15) is 9.90 Å². The highest BCUT2D eigenvalue weighted by Crippen LogP contribution is 2.47. The fourth-order valence-electron chi connectivity index (χ4n) is 6.30. The third-order valence-corrected chi connectivity index (χ3v) is 9.10. The average Bonchev–Trinajstić information content (AvgIpc) is 3.42. The van der Waals surface area contributed by atoms with Crippen LogP contribution in [-0.2, 0) is 11.3 Å². The Morgan fingerprint density at radius 2 is 1.78 bits per heavy atom. The Balaban J connectivity index is 1.07. The standard InChI is InChI=1S/C30H28Cl2N4O5/c1-15-11-17(29(37)38)7-10-21(15)28-33-30(41-35-28)36-18-8-9-19(36)13-20(12-18)39-14-22-26(34-40-27(22)16-5-6-16)25-23(31)3-2-4-24(25)32/h2-4,7,10-11,16,18-20H,5-6,8-9,12-14H2,1H3,(H,37,38). The van der Waals surface area contributed by atoms with Crippen molar-refractivity contribution < 1.29 is 23.7 Å². The molecule has 2 saturated heterocycles. The number of benzene rings is 2. The molecular formula is C30H28Cl2N4O5. The van der Waals surface area contributed by atoms with Crippen molar-refractivity contribution in [2.45, 2.75) is 76.2 Å². The predicted octanol–water partition coefficient (Wildman–Crippen LogP) is 7.30. The topological polar surface area (TPSA) is 115 Å². The molecule has 7 rings (SSSR count). The predicted molar refractivity (Wildman–Crippen MR) is 152 cm³/mol. The molecule has 41 heavy (non-hydrogen) atoms. The zero-order valence-electron chi connectivity index (χ0n) is 22.3. The molecule has 1 saturated carbocycles. The van der Waals surface area contributed by atoms with Gasteiger partial charge in [-0.05, 0) is 81.3 Å². The van der Waals surface area contributed by atoms with E-state index in [1.807, 2.05) is 25.1 Å². The molecule has 9 nitrogen and oxygen atoms in total. The highest BCUT2D eigenvalue weighted by atomic mass is 35.5. The molecule has 212 valence electrons. The Morgan fingerprint density at radius 1 is 1.05 bits per heavy atom. The fourth-order valence-corrected chi connectivity index (χ4v) is 6.88. The van der Waals surface area contributed by atoms with Crippen LogP contribution in [0.15, 0.2) is 45.4 Å². The maximum atomic E-state index is 11.3. The molecule has 2 atom stereocenters. The van der Waals surface area contributed by atoms with Gasteiger partial charge in [0.1, 0.15) is 11.5 Å². The fraction of sp³-hybridized carbons (Fsp3) is 0.400.